The van der Waals surface area contributed by atoms with Crippen LogP contribution in [-0.2, 0) is 4.74 Å². The van der Waals surface area contributed by atoms with Crippen molar-refractivity contribution in [2.24, 2.45) is 5.73 Å². The van der Waals surface area contributed by atoms with Gasteiger partial charge in [-0.15, -0.1) is 11.3 Å². The Morgan fingerprint density at radius 2 is 2.41 bits per heavy atom. The number of nitrogens with one attached hydrogen (secondary N) is 1. The molecule has 5 nitrogen and oxygen atoms in total. The first-order valence-corrected chi connectivity index (χ1v) is 6.53. The van der Waals surface area contributed by atoms with Crippen LogP contribution >= 0.6 is 11.3 Å². The predicted octanol–water partition coefficient (Wildman–Crippen LogP) is 1.41. The third kappa shape index (κ3) is 3.10. The van der Waals surface area contributed by atoms with Gasteiger partial charge in [-0.25, -0.2) is 0 Å². The van der Waals surface area contributed by atoms with Crippen molar-refractivity contribution in [1.82, 2.24) is 0 Å². The quantitative estimate of drug-likeness (QED) is 0.758. The second-order valence-electron chi connectivity index (χ2n) is 4.13. The number of rotatable bonds is 4. The van der Waals surface area contributed by atoms with Crippen LogP contribution in [0, 0.1) is 0 Å². The fourth-order valence-corrected chi connectivity index (χ4v) is 2.71. The fourth-order valence-electron chi connectivity index (χ4n) is 1.87. The van der Waals surface area contributed by atoms with E-state index in [9.17, 15) is 4.79 Å². The fraction of sp³-hybridized carbons (Fsp3) is 0.545. The van der Waals surface area contributed by atoms with Crippen LogP contribution in [0.1, 0.15) is 28.9 Å². The molecule has 1 atom stereocenters. The standard InChI is InChI=1S/C11H17N3O2S/c12-8-5-9(17-10(8)11(13)15)14-6-7-3-1-2-4-16-7/h5,7,14H,1-4,6,12H2,(H2,13,15). The van der Waals surface area contributed by atoms with E-state index in [4.69, 9.17) is 16.2 Å². The van der Waals surface area contributed by atoms with E-state index in [0.717, 1.165) is 31.0 Å². The van der Waals surface area contributed by atoms with Gasteiger partial charge in [0.1, 0.15) is 4.88 Å². The van der Waals surface area contributed by atoms with Crippen molar-refractivity contribution in [3.8, 4) is 0 Å². The minimum absolute atomic E-state index is 0.254. The Balaban J connectivity index is 1.90. The minimum Gasteiger partial charge on any atom is -0.397 e. The van der Waals surface area contributed by atoms with Crippen LogP contribution in [0.25, 0.3) is 0 Å². The smallest absolute Gasteiger partial charge is 0.260 e. The average molecular weight is 255 g/mol. The number of hydrogen-bond acceptors (Lipinski definition) is 5. The molecule has 1 saturated heterocycles. The third-order valence-electron chi connectivity index (χ3n) is 2.76. The van der Waals surface area contributed by atoms with E-state index in [0.29, 0.717) is 10.6 Å². The topological polar surface area (TPSA) is 90.4 Å². The maximum absolute atomic E-state index is 11.0. The normalized spacial score (nSPS) is 20.1. The Hall–Kier alpha value is -1.27. The van der Waals surface area contributed by atoms with Gasteiger partial charge >= 0.3 is 0 Å². The van der Waals surface area contributed by atoms with E-state index in [1.54, 1.807) is 6.07 Å². The van der Waals surface area contributed by atoms with Gasteiger partial charge in [0.2, 0.25) is 0 Å². The van der Waals surface area contributed by atoms with Gasteiger partial charge in [0, 0.05) is 13.2 Å². The second-order valence-corrected chi connectivity index (χ2v) is 5.18. The molecule has 2 heterocycles. The Bertz CT molecular complexity index is 399. The van der Waals surface area contributed by atoms with Crippen molar-refractivity contribution >= 4 is 27.9 Å². The molecule has 0 spiro atoms. The molecule has 17 heavy (non-hydrogen) atoms. The highest BCUT2D eigenvalue weighted by molar-refractivity contribution is 7.18. The molecule has 2 rings (SSSR count). The molecule has 5 N–H and O–H groups in total. The summed E-state index contributed by atoms with van der Waals surface area (Å²) in [5, 5.41) is 4.10. The summed E-state index contributed by atoms with van der Waals surface area (Å²) in [4.78, 5) is 11.5. The van der Waals surface area contributed by atoms with Crippen molar-refractivity contribution in [1.29, 1.82) is 0 Å². The summed E-state index contributed by atoms with van der Waals surface area (Å²) in [5.74, 6) is -0.477. The van der Waals surface area contributed by atoms with E-state index in [1.165, 1.54) is 17.8 Å². The van der Waals surface area contributed by atoms with Crippen LogP contribution in [0.2, 0.25) is 0 Å². The summed E-state index contributed by atoms with van der Waals surface area (Å²) in [6.07, 6.45) is 3.69. The van der Waals surface area contributed by atoms with Crippen molar-refractivity contribution in [2.75, 3.05) is 24.2 Å². The zero-order valence-corrected chi connectivity index (χ0v) is 10.4. The van der Waals surface area contributed by atoms with Crippen molar-refractivity contribution in [3.63, 3.8) is 0 Å². The highest BCUT2D eigenvalue weighted by Crippen LogP contribution is 2.29. The molecule has 0 bridgehead atoms. The van der Waals surface area contributed by atoms with Crippen LogP contribution in [-0.4, -0.2) is 25.2 Å². The molecule has 1 aliphatic heterocycles. The number of amides is 1. The van der Waals surface area contributed by atoms with E-state index in [1.807, 2.05) is 0 Å². The molecular weight excluding hydrogens is 238 g/mol. The Morgan fingerprint density at radius 1 is 1.59 bits per heavy atom. The number of anilines is 2. The SMILES string of the molecule is NC(=O)c1sc(NCC2CCCCO2)cc1N. The molecule has 1 amide bonds. The summed E-state index contributed by atoms with van der Waals surface area (Å²) in [6, 6.07) is 1.74. The average Bonchev–Trinajstić information content (AvgIpc) is 2.69. The number of ether oxygens (including phenoxy) is 1. The minimum atomic E-state index is -0.477. The molecule has 0 radical (unpaired) electrons. The first-order valence-electron chi connectivity index (χ1n) is 5.71. The Kier molecular flexibility index (Phi) is 3.86. The molecule has 0 saturated carbocycles. The molecule has 1 unspecified atom stereocenters. The molecule has 0 aliphatic carbocycles. The van der Waals surface area contributed by atoms with Crippen molar-refractivity contribution < 1.29 is 9.53 Å². The molecule has 1 aromatic rings. The van der Waals surface area contributed by atoms with Gasteiger partial charge in [-0.05, 0) is 25.3 Å². The van der Waals surface area contributed by atoms with Crippen LogP contribution in [0.15, 0.2) is 6.07 Å². The van der Waals surface area contributed by atoms with Gasteiger partial charge in [0.15, 0.2) is 0 Å². The monoisotopic (exact) mass is 255 g/mol. The van der Waals surface area contributed by atoms with Crippen LogP contribution in [0.4, 0.5) is 10.7 Å². The largest absolute Gasteiger partial charge is 0.397 e. The van der Waals surface area contributed by atoms with Crippen LogP contribution in [0.3, 0.4) is 0 Å². The number of carbonyl (C=O) groups excluding carboxylic acids is 1. The summed E-state index contributed by atoms with van der Waals surface area (Å²) in [5.41, 5.74) is 11.3. The van der Waals surface area contributed by atoms with E-state index >= 15 is 0 Å². The maximum atomic E-state index is 11.0. The molecule has 1 fully saturated rings. The lowest BCUT2D eigenvalue weighted by Crippen LogP contribution is -2.26. The van der Waals surface area contributed by atoms with Gasteiger partial charge in [0.25, 0.3) is 5.91 Å². The van der Waals surface area contributed by atoms with Gasteiger partial charge in [-0.3, -0.25) is 4.79 Å². The van der Waals surface area contributed by atoms with Crippen LogP contribution < -0.4 is 16.8 Å². The number of primary amides is 1. The molecule has 1 aliphatic rings. The van der Waals surface area contributed by atoms with Crippen LogP contribution in [0.5, 0.6) is 0 Å². The van der Waals surface area contributed by atoms with E-state index in [2.05, 4.69) is 5.32 Å². The molecule has 0 aromatic carbocycles. The lowest BCUT2D eigenvalue weighted by atomic mass is 10.1. The molecule has 94 valence electrons. The van der Waals surface area contributed by atoms with Crippen molar-refractivity contribution in [3.05, 3.63) is 10.9 Å². The Morgan fingerprint density at radius 3 is 3.00 bits per heavy atom. The van der Waals surface area contributed by atoms with Gasteiger partial charge in [-0.2, -0.15) is 0 Å². The number of carbonyl (C=O) groups is 1. The second kappa shape index (κ2) is 5.37. The third-order valence-corrected chi connectivity index (χ3v) is 3.89. The number of thiophene rings is 1. The number of nitrogens with two attached hydrogens (primary N) is 2. The van der Waals surface area contributed by atoms with E-state index in [-0.39, 0.29) is 6.10 Å². The highest BCUT2D eigenvalue weighted by atomic mass is 32.1. The maximum Gasteiger partial charge on any atom is 0.260 e. The first kappa shape index (κ1) is 12.2. The summed E-state index contributed by atoms with van der Waals surface area (Å²) >= 11 is 1.29. The highest BCUT2D eigenvalue weighted by Gasteiger charge is 2.15. The van der Waals surface area contributed by atoms with E-state index < -0.39 is 5.91 Å². The summed E-state index contributed by atoms with van der Waals surface area (Å²) < 4.78 is 5.60. The zero-order chi connectivity index (χ0) is 12.3. The summed E-state index contributed by atoms with van der Waals surface area (Å²) in [6.45, 7) is 1.59. The summed E-state index contributed by atoms with van der Waals surface area (Å²) in [7, 11) is 0. The van der Waals surface area contributed by atoms with Gasteiger partial charge < -0.3 is 21.5 Å². The zero-order valence-electron chi connectivity index (χ0n) is 9.57. The molecule has 1 aromatic heterocycles. The number of hydrogen-bond donors (Lipinski definition) is 3. The van der Waals surface area contributed by atoms with Gasteiger partial charge in [0.05, 0.1) is 16.8 Å². The predicted molar refractivity (Wildman–Crippen MR) is 69.3 cm³/mol. The molecule has 6 heteroatoms. The van der Waals surface area contributed by atoms with Gasteiger partial charge in [-0.1, -0.05) is 0 Å². The lowest BCUT2D eigenvalue weighted by molar-refractivity contribution is 0.0248. The Labute approximate surface area is 104 Å². The lowest BCUT2D eigenvalue weighted by Gasteiger charge is -2.22. The molecular formula is C11H17N3O2S. The van der Waals surface area contributed by atoms with Crippen molar-refractivity contribution in [2.45, 2.75) is 25.4 Å². The number of nitrogen functional groups attached to an aromatic ring is 1. The first-order chi connectivity index (χ1) is 8.16.